The highest BCUT2D eigenvalue weighted by atomic mass is 32.2. The smallest absolute Gasteiger partial charge is 0.311 e. The lowest BCUT2D eigenvalue weighted by atomic mass is 9.94. The predicted octanol–water partition coefficient (Wildman–Crippen LogP) is 4.16. The van der Waals surface area contributed by atoms with Crippen molar-refractivity contribution in [2.45, 2.75) is 61.9 Å². The molecule has 3 N–H and O–H groups in total. The minimum Gasteiger partial charge on any atom is -0.488 e. The first-order valence-corrected chi connectivity index (χ1v) is 12.7. The number of β-amino-alcohol motifs (C(OH)–C–C–N with tert-alkyl or cyclic N) is 1. The van der Waals surface area contributed by atoms with Gasteiger partial charge in [-0.1, -0.05) is 24.3 Å². The van der Waals surface area contributed by atoms with Gasteiger partial charge in [0, 0.05) is 34.0 Å². The lowest BCUT2D eigenvalue weighted by Crippen LogP contribution is -2.46. The molecule has 0 amide bonds. The number of aliphatic hydroxyl groups excluding tert-OH is 1. The summed E-state index contributed by atoms with van der Waals surface area (Å²) in [6.07, 6.45) is 1.15. The van der Waals surface area contributed by atoms with Crippen LogP contribution >= 0.6 is 11.8 Å². The molecule has 1 heterocycles. The number of fused-ring (bicyclic) bond motifs is 3. The third-order valence-electron chi connectivity index (χ3n) is 6.58. The van der Waals surface area contributed by atoms with Crippen LogP contribution in [-0.4, -0.2) is 53.3 Å². The number of benzene rings is 2. The first-order valence-electron chi connectivity index (χ1n) is 11.5. The lowest BCUT2D eigenvalue weighted by Gasteiger charge is -2.28. The number of aliphatic carboxylic acids is 1. The normalized spacial score (nSPS) is 22.5. The van der Waals surface area contributed by atoms with E-state index < -0.39 is 18.0 Å². The minimum atomic E-state index is -0.823. The van der Waals surface area contributed by atoms with Crippen LogP contribution in [-0.2, 0) is 16.0 Å². The van der Waals surface area contributed by atoms with E-state index >= 15 is 0 Å². The number of nitrogens with one attached hydrogen (secondary N) is 1. The van der Waals surface area contributed by atoms with Gasteiger partial charge in [-0.15, -0.1) is 11.8 Å². The molecule has 0 radical (unpaired) electrons. The number of hydrogen-bond acceptors (Lipinski definition) is 6. The van der Waals surface area contributed by atoms with Gasteiger partial charge < -0.3 is 25.0 Å². The van der Waals surface area contributed by atoms with E-state index in [4.69, 9.17) is 9.47 Å². The van der Waals surface area contributed by atoms with Crippen molar-refractivity contribution in [1.29, 1.82) is 0 Å². The maximum absolute atomic E-state index is 14.1. The summed E-state index contributed by atoms with van der Waals surface area (Å²) in [4.78, 5) is 11.9. The van der Waals surface area contributed by atoms with Crippen LogP contribution in [0.3, 0.4) is 0 Å². The van der Waals surface area contributed by atoms with Crippen molar-refractivity contribution in [3.63, 3.8) is 0 Å². The topological polar surface area (TPSA) is 88.0 Å². The SMILES string of the molecule is CSc1ccc(CC(C)(C)NCC(O)CO[C@H](C)c2cccc3c2O[C@@H]2[C@@H](C(=O)O)[C@H]32)cc1F. The van der Waals surface area contributed by atoms with Crippen LogP contribution in [0, 0.1) is 11.7 Å². The first kappa shape index (κ1) is 25.0. The number of aliphatic hydroxyl groups is 1. The van der Waals surface area contributed by atoms with Crippen molar-refractivity contribution >= 4 is 17.7 Å². The molecule has 34 heavy (non-hydrogen) atoms. The Morgan fingerprint density at radius 2 is 2.09 bits per heavy atom. The van der Waals surface area contributed by atoms with Crippen molar-refractivity contribution in [2.24, 2.45) is 5.92 Å². The van der Waals surface area contributed by atoms with Gasteiger partial charge in [0.25, 0.3) is 0 Å². The summed E-state index contributed by atoms with van der Waals surface area (Å²) in [7, 11) is 0. The fourth-order valence-corrected chi connectivity index (χ4v) is 5.17. The number of thioether (sulfide) groups is 1. The average molecular weight is 490 g/mol. The largest absolute Gasteiger partial charge is 0.488 e. The van der Waals surface area contributed by atoms with Crippen LogP contribution in [0.2, 0.25) is 0 Å². The molecule has 0 bridgehead atoms. The second-order valence-corrected chi connectivity index (χ2v) is 10.6. The Hall–Kier alpha value is -2.13. The minimum absolute atomic E-state index is 0.0814. The Labute approximate surface area is 203 Å². The van der Waals surface area contributed by atoms with Gasteiger partial charge in [0.1, 0.15) is 23.6 Å². The van der Waals surface area contributed by atoms with Gasteiger partial charge >= 0.3 is 5.97 Å². The first-order chi connectivity index (χ1) is 16.1. The molecule has 6 nitrogen and oxygen atoms in total. The molecule has 0 aromatic heterocycles. The molecule has 0 spiro atoms. The van der Waals surface area contributed by atoms with Crippen LogP contribution < -0.4 is 10.1 Å². The van der Waals surface area contributed by atoms with Crippen LogP contribution in [0.5, 0.6) is 5.75 Å². The molecule has 5 atom stereocenters. The summed E-state index contributed by atoms with van der Waals surface area (Å²) in [6, 6.07) is 11.0. The Balaban J connectivity index is 1.27. The van der Waals surface area contributed by atoms with Gasteiger partial charge in [0.15, 0.2) is 0 Å². The van der Waals surface area contributed by atoms with E-state index in [0.29, 0.717) is 17.9 Å². The molecule has 1 fully saturated rings. The third-order valence-corrected chi connectivity index (χ3v) is 7.35. The van der Waals surface area contributed by atoms with E-state index in [1.807, 2.05) is 51.3 Å². The molecule has 1 unspecified atom stereocenters. The van der Waals surface area contributed by atoms with Crippen molar-refractivity contribution < 1.29 is 28.9 Å². The molecule has 1 aliphatic heterocycles. The van der Waals surface area contributed by atoms with E-state index in [0.717, 1.165) is 22.4 Å². The predicted molar refractivity (Wildman–Crippen MR) is 129 cm³/mol. The van der Waals surface area contributed by atoms with Crippen molar-refractivity contribution in [2.75, 3.05) is 19.4 Å². The van der Waals surface area contributed by atoms with Crippen LogP contribution in [0.25, 0.3) is 0 Å². The number of ether oxygens (including phenoxy) is 2. The summed E-state index contributed by atoms with van der Waals surface area (Å²) in [5.41, 5.74) is 2.35. The molecule has 184 valence electrons. The quantitative estimate of drug-likeness (QED) is 0.409. The number of halogens is 1. The molecule has 2 aromatic carbocycles. The number of para-hydroxylation sites is 1. The number of rotatable bonds is 11. The number of carboxylic acid groups (broad SMARTS) is 1. The van der Waals surface area contributed by atoms with Crippen LogP contribution in [0.15, 0.2) is 41.3 Å². The van der Waals surface area contributed by atoms with Gasteiger partial charge in [-0.05, 0) is 51.1 Å². The summed E-state index contributed by atoms with van der Waals surface area (Å²) in [5.74, 6) is -0.861. The van der Waals surface area contributed by atoms with Crippen molar-refractivity contribution in [3.8, 4) is 5.75 Å². The van der Waals surface area contributed by atoms with Gasteiger partial charge in [-0.3, -0.25) is 4.79 Å². The number of hydrogen-bond donors (Lipinski definition) is 3. The van der Waals surface area contributed by atoms with E-state index in [1.165, 1.54) is 11.8 Å². The Kier molecular flexibility index (Phi) is 7.24. The molecule has 8 heteroatoms. The maximum Gasteiger partial charge on any atom is 0.311 e. The standard InChI is InChI=1S/C26H32FNO5S/c1-14(17-6-5-7-18-21-22(25(30)31)24(21)33-23(17)18)32-13-16(29)12-28-26(2,3)11-15-8-9-20(34-4)19(27)10-15/h5-10,14,16,21-22,24,28-29H,11-13H2,1-4H3,(H,30,31)/t14-,16?,21+,22+,24+/m1/s1. The molecule has 1 saturated carbocycles. The highest BCUT2D eigenvalue weighted by molar-refractivity contribution is 7.98. The highest BCUT2D eigenvalue weighted by Gasteiger charge is 2.63. The fraction of sp³-hybridized carbons (Fsp3) is 0.500. The molecular formula is C26H32FNO5S. The highest BCUT2D eigenvalue weighted by Crippen LogP contribution is 2.59. The third kappa shape index (κ3) is 5.25. The zero-order chi connectivity index (χ0) is 24.6. The maximum atomic E-state index is 14.1. The monoisotopic (exact) mass is 489 g/mol. The van der Waals surface area contributed by atoms with Gasteiger partial charge in [-0.2, -0.15) is 0 Å². The van der Waals surface area contributed by atoms with E-state index in [-0.39, 0.29) is 36.1 Å². The fourth-order valence-electron chi connectivity index (χ4n) is 4.71. The molecule has 2 aliphatic rings. The molecule has 4 rings (SSSR count). The van der Waals surface area contributed by atoms with Gasteiger partial charge in [0.05, 0.1) is 18.8 Å². The van der Waals surface area contributed by atoms with Crippen LogP contribution in [0.1, 0.15) is 49.5 Å². The molecule has 1 aliphatic carbocycles. The van der Waals surface area contributed by atoms with E-state index in [2.05, 4.69) is 5.32 Å². The zero-order valence-corrected chi connectivity index (χ0v) is 20.7. The second-order valence-electron chi connectivity index (χ2n) is 9.78. The molecular weight excluding hydrogens is 457 g/mol. The Morgan fingerprint density at radius 3 is 2.76 bits per heavy atom. The van der Waals surface area contributed by atoms with Crippen LogP contribution in [0.4, 0.5) is 4.39 Å². The Bertz CT molecular complexity index is 1060. The average Bonchev–Trinajstić information content (AvgIpc) is 3.38. The summed E-state index contributed by atoms with van der Waals surface area (Å²) in [5, 5.41) is 23.1. The van der Waals surface area contributed by atoms with E-state index in [9.17, 15) is 19.4 Å². The molecule has 2 aromatic rings. The van der Waals surface area contributed by atoms with Crippen molar-refractivity contribution in [3.05, 3.63) is 58.9 Å². The van der Waals surface area contributed by atoms with Gasteiger partial charge in [-0.25, -0.2) is 4.39 Å². The summed E-state index contributed by atoms with van der Waals surface area (Å²) in [6.45, 7) is 6.40. The van der Waals surface area contributed by atoms with Gasteiger partial charge in [0.2, 0.25) is 0 Å². The van der Waals surface area contributed by atoms with E-state index in [1.54, 1.807) is 12.1 Å². The summed E-state index contributed by atoms with van der Waals surface area (Å²) < 4.78 is 25.9. The number of carboxylic acids is 1. The number of carbonyl (C=O) groups is 1. The Morgan fingerprint density at radius 1 is 1.32 bits per heavy atom. The second kappa shape index (κ2) is 9.85. The zero-order valence-electron chi connectivity index (χ0n) is 19.9. The lowest BCUT2D eigenvalue weighted by molar-refractivity contribution is -0.139. The molecule has 0 saturated heterocycles. The van der Waals surface area contributed by atoms with Crippen molar-refractivity contribution in [1.82, 2.24) is 5.32 Å². The summed E-state index contributed by atoms with van der Waals surface area (Å²) >= 11 is 1.38.